The first-order chi connectivity index (χ1) is 7.49. The van der Waals surface area contributed by atoms with E-state index in [0.717, 1.165) is 12.1 Å². The Kier molecular flexibility index (Phi) is 3.49. The van der Waals surface area contributed by atoms with Crippen LogP contribution in [0.5, 0.6) is 0 Å². The number of hydrogen-bond acceptors (Lipinski definition) is 3. The first kappa shape index (κ1) is 12.0. The molecule has 0 heterocycles. The lowest BCUT2D eigenvalue weighted by Crippen LogP contribution is -2.24. The van der Waals surface area contributed by atoms with E-state index in [1.165, 1.54) is 12.1 Å². The number of hydrogen-bond donors (Lipinski definition) is 2. The maximum Gasteiger partial charge on any atom is 0.437 e. The fraction of sp³-hybridized carbons (Fsp3) is 0.111. The summed E-state index contributed by atoms with van der Waals surface area (Å²) in [5.41, 5.74) is -1.57. The van der Waals surface area contributed by atoms with Crippen LogP contribution < -0.4 is 5.32 Å². The largest absolute Gasteiger partial charge is 0.437 e. The fourth-order valence-electron chi connectivity index (χ4n) is 1.10. The first-order valence-corrected chi connectivity index (χ1v) is 4.09. The lowest BCUT2D eigenvalue weighted by molar-refractivity contribution is -0.105. The van der Waals surface area contributed by atoms with Gasteiger partial charge in [0.25, 0.3) is 0 Å². The van der Waals surface area contributed by atoms with Gasteiger partial charge in [0.05, 0.1) is 0 Å². The molecule has 86 valence electrons. The van der Waals surface area contributed by atoms with E-state index in [-0.39, 0.29) is 11.3 Å². The van der Waals surface area contributed by atoms with Crippen molar-refractivity contribution in [3.8, 4) is 0 Å². The van der Waals surface area contributed by atoms with Crippen molar-refractivity contribution in [2.24, 2.45) is 5.16 Å². The monoisotopic (exact) mass is 232 g/mol. The number of halogens is 3. The van der Waals surface area contributed by atoms with Crippen LogP contribution >= 0.6 is 0 Å². The van der Waals surface area contributed by atoms with E-state index in [1.807, 2.05) is 0 Å². The third kappa shape index (κ3) is 2.72. The van der Waals surface area contributed by atoms with E-state index in [4.69, 9.17) is 5.21 Å². The molecule has 1 amide bonds. The number of carbonyl (C=O) groups is 1. The molecule has 0 aromatic heterocycles. The fourth-order valence-corrected chi connectivity index (χ4v) is 1.10. The highest BCUT2D eigenvalue weighted by atomic mass is 19.4. The van der Waals surface area contributed by atoms with Gasteiger partial charge in [-0.25, -0.2) is 0 Å². The highest BCUT2D eigenvalue weighted by molar-refractivity contribution is 6.05. The predicted molar refractivity (Wildman–Crippen MR) is 50.5 cm³/mol. The van der Waals surface area contributed by atoms with Crippen LogP contribution in [0.25, 0.3) is 0 Å². The van der Waals surface area contributed by atoms with Gasteiger partial charge in [0.15, 0.2) is 5.71 Å². The number of benzene rings is 1. The average molecular weight is 232 g/mol. The lowest BCUT2D eigenvalue weighted by Gasteiger charge is -2.09. The van der Waals surface area contributed by atoms with E-state index >= 15 is 0 Å². The number of rotatable bonds is 3. The summed E-state index contributed by atoms with van der Waals surface area (Å²) in [5.74, 6) is 0. The summed E-state index contributed by atoms with van der Waals surface area (Å²) in [4.78, 5) is 10.1. The normalized spacial score (nSPS) is 12.3. The minimum absolute atomic E-state index is 0.179. The molecule has 0 saturated carbocycles. The minimum atomic E-state index is -4.76. The maximum absolute atomic E-state index is 12.3. The Balaban J connectivity index is 3.12. The van der Waals surface area contributed by atoms with E-state index in [1.54, 1.807) is 0 Å². The molecule has 16 heavy (non-hydrogen) atoms. The van der Waals surface area contributed by atoms with Gasteiger partial charge in [0.2, 0.25) is 6.41 Å². The van der Waals surface area contributed by atoms with E-state index < -0.39 is 11.9 Å². The minimum Gasteiger partial charge on any atom is -0.410 e. The van der Waals surface area contributed by atoms with Crippen LogP contribution in [0, 0.1) is 0 Å². The Hall–Kier alpha value is -2.05. The van der Waals surface area contributed by atoms with Crippen LogP contribution in [0.4, 0.5) is 18.9 Å². The summed E-state index contributed by atoms with van der Waals surface area (Å²) < 4.78 is 37.0. The van der Waals surface area contributed by atoms with E-state index in [2.05, 4.69) is 10.5 Å². The van der Waals surface area contributed by atoms with Crippen LogP contribution in [0.15, 0.2) is 29.4 Å². The van der Waals surface area contributed by atoms with Gasteiger partial charge in [-0.05, 0) is 12.1 Å². The third-order valence-corrected chi connectivity index (χ3v) is 1.73. The number of nitrogens with zero attached hydrogens (tertiary/aromatic N) is 1. The number of anilines is 1. The molecular formula is C9H7F3N2O2. The average Bonchev–Trinajstić information content (AvgIpc) is 2.17. The number of oxime groups is 1. The summed E-state index contributed by atoms with van der Waals surface area (Å²) in [5, 5.41) is 12.7. The molecule has 1 rings (SSSR count). The van der Waals surface area contributed by atoms with Crippen molar-refractivity contribution in [2.45, 2.75) is 6.18 Å². The number of nitrogens with one attached hydrogen (secondary N) is 1. The highest BCUT2D eigenvalue weighted by Crippen LogP contribution is 2.23. The standard InChI is InChI=1S/C9H7F3N2O2/c10-9(11,12)8(14-16)6-2-1-3-7(4-6)13-5-15/h1-5,16H,(H,13,15)/b14-8-. The van der Waals surface area contributed by atoms with Crippen LogP contribution in [0.3, 0.4) is 0 Å². The van der Waals surface area contributed by atoms with Crippen LogP contribution in [0.1, 0.15) is 5.56 Å². The van der Waals surface area contributed by atoms with Gasteiger partial charge in [-0.15, -0.1) is 0 Å². The van der Waals surface area contributed by atoms with Crippen LogP contribution in [0.2, 0.25) is 0 Å². The molecule has 1 aromatic rings. The van der Waals surface area contributed by atoms with Crippen LogP contribution in [-0.4, -0.2) is 23.5 Å². The summed E-state index contributed by atoms with van der Waals surface area (Å²) >= 11 is 0. The molecule has 0 radical (unpaired) electrons. The van der Waals surface area contributed by atoms with Gasteiger partial charge in [-0.2, -0.15) is 13.2 Å². The molecule has 0 bridgehead atoms. The second-order valence-electron chi connectivity index (χ2n) is 2.79. The SMILES string of the molecule is O=CNc1cccc(/C(=N/O)C(F)(F)F)c1. The molecule has 0 spiro atoms. The molecule has 0 aliphatic carbocycles. The Morgan fingerprint density at radius 3 is 2.62 bits per heavy atom. The third-order valence-electron chi connectivity index (χ3n) is 1.73. The Bertz CT molecular complexity index is 415. The first-order valence-electron chi connectivity index (χ1n) is 4.09. The van der Waals surface area contributed by atoms with E-state index in [9.17, 15) is 18.0 Å². The number of alkyl halides is 3. The molecule has 0 saturated heterocycles. The molecular weight excluding hydrogens is 225 g/mol. The van der Waals surface area contributed by atoms with Crippen molar-refractivity contribution in [3.05, 3.63) is 29.8 Å². The molecule has 4 nitrogen and oxygen atoms in total. The summed E-state index contributed by atoms with van der Waals surface area (Å²) in [7, 11) is 0. The molecule has 2 N–H and O–H groups in total. The smallest absolute Gasteiger partial charge is 0.410 e. The Morgan fingerprint density at radius 1 is 1.44 bits per heavy atom. The molecule has 7 heteroatoms. The lowest BCUT2D eigenvalue weighted by atomic mass is 10.1. The zero-order chi connectivity index (χ0) is 12.2. The zero-order valence-corrected chi connectivity index (χ0v) is 7.82. The summed E-state index contributed by atoms with van der Waals surface area (Å²) in [6.45, 7) is 0. The van der Waals surface area contributed by atoms with Gasteiger partial charge < -0.3 is 10.5 Å². The van der Waals surface area contributed by atoms with Crippen molar-refractivity contribution < 1.29 is 23.2 Å². The molecule has 0 fully saturated rings. The second kappa shape index (κ2) is 4.65. The number of carbonyl (C=O) groups excluding carboxylic acids is 1. The summed E-state index contributed by atoms with van der Waals surface area (Å²) in [6.07, 6.45) is -4.42. The van der Waals surface area contributed by atoms with Crippen molar-refractivity contribution in [1.29, 1.82) is 0 Å². The quantitative estimate of drug-likeness (QED) is 0.362. The van der Waals surface area contributed by atoms with Gasteiger partial charge in [-0.3, -0.25) is 4.79 Å². The summed E-state index contributed by atoms with van der Waals surface area (Å²) in [6, 6.07) is 4.89. The molecule has 0 aliphatic rings. The van der Waals surface area contributed by atoms with Crippen molar-refractivity contribution in [3.63, 3.8) is 0 Å². The van der Waals surface area contributed by atoms with Gasteiger partial charge in [0, 0.05) is 11.3 Å². The maximum atomic E-state index is 12.3. The number of amides is 1. The second-order valence-corrected chi connectivity index (χ2v) is 2.79. The Morgan fingerprint density at radius 2 is 2.12 bits per heavy atom. The Labute approximate surface area is 88.4 Å². The van der Waals surface area contributed by atoms with Gasteiger partial charge >= 0.3 is 6.18 Å². The topological polar surface area (TPSA) is 61.7 Å². The van der Waals surface area contributed by atoms with E-state index in [0.29, 0.717) is 6.41 Å². The van der Waals surface area contributed by atoms with Crippen molar-refractivity contribution in [1.82, 2.24) is 0 Å². The zero-order valence-electron chi connectivity index (χ0n) is 7.82. The van der Waals surface area contributed by atoms with Crippen LogP contribution in [-0.2, 0) is 4.79 Å². The predicted octanol–water partition coefficient (Wildman–Crippen LogP) is 2.00. The molecule has 1 aromatic carbocycles. The van der Waals surface area contributed by atoms with Gasteiger partial charge in [0.1, 0.15) is 0 Å². The molecule has 0 atom stereocenters. The molecule has 0 unspecified atom stereocenters. The van der Waals surface area contributed by atoms with Gasteiger partial charge in [-0.1, -0.05) is 17.3 Å². The molecule has 0 aliphatic heterocycles. The highest BCUT2D eigenvalue weighted by Gasteiger charge is 2.37. The van der Waals surface area contributed by atoms with Crippen molar-refractivity contribution in [2.75, 3.05) is 5.32 Å². The van der Waals surface area contributed by atoms with Crippen molar-refractivity contribution >= 4 is 17.8 Å².